The van der Waals surface area contributed by atoms with E-state index in [1.807, 2.05) is 11.4 Å². The molecule has 0 unspecified atom stereocenters. The number of aryl methyl sites for hydroxylation is 3. The highest BCUT2D eigenvalue weighted by Gasteiger charge is 2.20. The van der Waals surface area contributed by atoms with Crippen LogP contribution in [0.2, 0.25) is 0 Å². The Morgan fingerprint density at radius 3 is 2.06 bits per heavy atom. The summed E-state index contributed by atoms with van der Waals surface area (Å²) < 4.78 is 15.2. The molecule has 3 aromatic rings. The minimum absolute atomic E-state index is 0.138. The Bertz CT molecular complexity index is 1120. The van der Waals surface area contributed by atoms with Crippen LogP contribution in [0.5, 0.6) is 0 Å². The van der Waals surface area contributed by atoms with Crippen LogP contribution in [-0.2, 0) is 11.3 Å². The molecule has 0 aliphatic carbocycles. The number of likely N-dealkylation sites (N-methyl/N-ethyl adjacent to an activating group) is 1. The molecule has 0 aliphatic heterocycles. The van der Waals surface area contributed by atoms with Crippen molar-refractivity contribution < 1.29 is 19.1 Å². The Morgan fingerprint density at radius 2 is 1.52 bits per heavy atom. The minimum atomic E-state index is -1.03. The Kier molecular flexibility index (Phi) is 7.89. The summed E-state index contributed by atoms with van der Waals surface area (Å²) in [5.74, 6) is -1.53. The minimum Gasteiger partial charge on any atom is -0.478 e. The molecule has 172 valence electrons. The number of carboxylic acid groups (broad SMARTS) is 1. The van der Waals surface area contributed by atoms with Crippen LogP contribution in [0.25, 0.3) is 0 Å². The van der Waals surface area contributed by atoms with Gasteiger partial charge in [-0.2, -0.15) is 0 Å². The number of benzene rings is 3. The van der Waals surface area contributed by atoms with Crippen molar-refractivity contribution in [1.82, 2.24) is 4.31 Å². The first-order valence-corrected chi connectivity index (χ1v) is 11.3. The standard InChI is InChI=1S/C26H27FN2O3S/c1-17-13-18(2)25(19(3)14-17)33-28(4)16-24(30)29(15-20-5-9-22(27)10-6-20)23-11-7-21(8-12-23)26(31)32/h5-14H,15-16H2,1-4H3,(H,31,32). The van der Waals surface area contributed by atoms with Crippen LogP contribution in [-0.4, -0.2) is 34.9 Å². The van der Waals surface area contributed by atoms with Gasteiger partial charge >= 0.3 is 5.97 Å². The summed E-state index contributed by atoms with van der Waals surface area (Å²) in [6, 6.07) is 16.4. The van der Waals surface area contributed by atoms with Crippen molar-refractivity contribution in [2.24, 2.45) is 0 Å². The average molecular weight is 467 g/mol. The van der Waals surface area contributed by atoms with E-state index in [-0.39, 0.29) is 30.4 Å². The number of rotatable bonds is 8. The molecule has 0 spiro atoms. The fourth-order valence-electron chi connectivity index (χ4n) is 3.65. The van der Waals surface area contributed by atoms with Gasteiger partial charge in [0.05, 0.1) is 18.7 Å². The van der Waals surface area contributed by atoms with Gasteiger partial charge in [0.1, 0.15) is 5.82 Å². The number of hydrogen-bond acceptors (Lipinski definition) is 4. The number of hydrogen-bond donors (Lipinski definition) is 1. The second-order valence-corrected chi connectivity index (χ2v) is 9.28. The van der Waals surface area contributed by atoms with Crippen LogP contribution in [0, 0.1) is 26.6 Å². The number of nitrogens with zero attached hydrogens (tertiary/aromatic N) is 2. The number of carboxylic acids is 1. The van der Waals surface area contributed by atoms with Gasteiger partial charge in [-0.3, -0.25) is 4.79 Å². The van der Waals surface area contributed by atoms with E-state index >= 15 is 0 Å². The molecule has 7 heteroatoms. The van der Waals surface area contributed by atoms with Gasteiger partial charge in [-0.05, 0) is 92.9 Å². The predicted octanol–water partition coefficient (Wildman–Crippen LogP) is 5.62. The summed E-state index contributed by atoms with van der Waals surface area (Å²) in [5.41, 5.74) is 5.01. The Morgan fingerprint density at radius 1 is 0.939 bits per heavy atom. The molecule has 33 heavy (non-hydrogen) atoms. The first-order chi connectivity index (χ1) is 15.6. The molecule has 0 aromatic heterocycles. The van der Waals surface area contributed by atoms with Crippen LogP contribution < -0.4 is 4.90 Å². The van der Waals surface area contributed by atoms with Crippen LogP contribution in [0.4, 0.5) is 10.1 Å². The fourth-order valence-corrected chi connectivity index (χ4v) is 4.55. The number of halogens is 1. The lowest BCUT2D eigenvalue weighted by atomic mass is 10.1. The summed E-state index contributed by atoms with van der Waals surface area (Å²) in [6.07, 6.45) is 0. The molecular weight excluding hydrogens is 439 g/mol. The van der Waals surface area contributed by atoms with Gasteiger partial charge in [0, 0.05) is 10.6 Å². The van der Waals surface area contributed by atoms with E-state index in [2.05, 4.69) is 32.9 Å². The third-order valence-electron chi connectivity index (χ3n) is 5.19. The zero-order valence-electron chi connectivity index (χ0n) is 19.1. The monoisotopic (exact) mass is 466 g/mol. The summed E-state index contributed by atoms with van der Waals surface area (Å²) in [5, 5.41) is 9.18. The molecule has 0 atom stereocenters. The SMILES string of the molecule is Cc1cc(C)c(SN(C)CC(=O)N(Cc2ccc(F)cc2)c2ccc(C(=O)O)cc2)c(C)c1. The number of amides is 1. The van der Waals surface area contributed by atoms with E-state index in [1.165, 1.54) is 41.8 Å². The molecule has 0 saturated heterocycles. The van der Waals surface area contributed by atoms with Crippen LogP contribution >= 0.6 is 11.9 Å². The maximum absolute atomic E-state index is 13.3. The van der Waals surface area contributed by atoms with E-state index in [0.717, 1.165) is 21.6 Å². The van der Waals surface area contributed by atoms with Crippen LogP contribution in [0.1, 0.15) is 32.6 Å². The van der Waals surface area contributed by atoms with Crippen molar-refractivity contribution in [3.8, 4) is 0 Å². The quantitative estimate of drug-likeness (QED) is 0.437. The molecule has 0 fully saturated rings. The number of anilines is 1. The lowest BCUT2D eigenvalue weighted by Crippen LogP contribution is -2.37. The first kappa shape index (κ1) is 24.5. The second kappa shape index (κ2) is 10.6. The summed E-state index contributed by atoms with van der Waals surface area (Å²) in [7, 11) is 1.87. The Labute approximate surface area is 198 Å². The molecule has 0 aliphatic rings. The van der Waals surface area contributed by atoms with Crippen molar-refractivity contribution in [1.29, 1.82) is 0 Å². The smallest absolute Gasteiger partial charge is 0.335 e. The van der Waals surface area contributed by atoms with Crippen LogP contribution in [0.15, 0.2) is 65.6 Å². The summed E-state index contributed by atoms with van der Waals surface area (Å²) >= 11 is 1.52. The zero-order valence-corrected chi connectivity index (χ0v) is 19.9. The zero-order chi connectivity index (χ0) is 24.1. The topological polar surface area (TPSA) is 60.9 Å². The van der Waals surface area contributed by atoms with Crippen molar-refractivity contribution in [2.75, 3.05) is 18.5 Å². The van der Waals surface area contributed by atoms with E-state index in [1.54, 1.807) is 29.2 Å². The van der Waals surface area contributed by atoms with Gasteiger partial charge in [-0.25, -0.2) is 13.5 Å². The van der Waals surface area contributed by atoms with Gasteiger partial charge in [-0.15, -0.1) is 0 Å². The van der Waals surface area contributed by atoms with Crippen LogP contribution in [0.3, 0.4) is 0 Å². The van der Waals surface area contributed by atoms with E-state index in [0.29, 0.717) is 5.69 Å². The molecular formula is C26H27FN2O3S. The number of carbonyl (C=O) groups is 2. The van der Waals surface area contributed by atoms with Gasteiger partial charge in [-0.1, -0.05) is 29.8 Å². The van der Waals surface area contributed by atoms with Crippen molar-refractivity contribution in [3.63, 3.8) is 0 Å². The molecule has 3 rings (SSSR count). The maximum atomic E-state index is 13.3. The molecule has 5 nitrogen and oxygen atoms in total. The molecule has 0 saturated carbocycles. The molecule has 0 heterocycles. The van der Waals surface area contributed by atoms with Gasteiger partial charge in [0.25, 0.3) is 0 Å². The summed E-state index contributed by atoms with van der Waals surface area (Å²) in [4.78, 5) is 27.3. The normalized spacial score (nSPS) is 11.0. The molecule has 3 aromatic carbocycles. The van der Waals surface area contributed by atoms with E-state index in [9.17, 15) is 19.1 Å². The largest absolute Gasteiger partial charge is 0.478 e. The lowest BCUT2D eigenvalue weighted by molar-refractivity contribution is -0.118. The third-order valence-corrected chi connectivity index (χ3v) is 6.46. The van der Waals surface area contributed by atoms with Gasteiger partial charge in [0.15, 0.2) is 0 Å². The highest BCUT2D eigenvalue weighted by Crippen LogP contribution is 2.30. The highest BCUT2D eigenvalue weighted by atomic mass is 32.2. The van der Waals surface area contributed by atoms with Gasteiger partial charge in [0.2, 0.25) is 5.91 Å². The Balaban J connectivity index is 1.82. The molecule has 0 radical (unpaired) electrons. The number of aromatic carboxylic acids is 1. The van der Waals surface area contributed by atoms with Crippen molar-refractivity contribution in [3.05, 3.63) is 94.3 Å². The second-order valence-electron chi connectivity index (χ2n) is 8.06. The predicted molar refractivity (Wildman–Crippen MR) is 130 cm³/mol. The maximum Gasteiger partial charge on any atom is 0.335 e. The van der Waals surface area contributed by atoms with Crippen molar-refractivity contribution >= 4 is 29.5 Å². The fraction of sp³-hybridized carbons (Fsp3) is 0.231. The molecule has 1 N–H and O–H groups in total. The lowest BCUT2D eigenvalue weighted by Gasteiger charge is -2.26. The van der Waals surface area contributed by atoms with E-state index < -0.39 is 5.97 Å². The molecule has 0 bridgehead atoms. The highest BCUT2D eigenvalue weighted by molar-refractivity contribution is 7.97. The summed E-state index contributed by atoms with van der Waals surface area (Å²) in [6.45, 7) is 6.56. The van der Waals surface area contributed by atoms with E-state index in [4.69, 9.17) is 0 Å². The first-order valence-electron chi connectivity index (χ1n) is 10.5. The van der Waals surface area contributed by atoms with Gasteiger partial charge < -0.3 is 10.0 Å². The molecule has 1 amide bonds. The number of carbonyl (C=O) groups excluding carboxylic acids is 1. The third kappa shape index (κ3) is 6.43. The Hall–Kier alpha value is -3.16. The average Bonchev–Trinajstić information content (AvgIpc) is 2.75. The van der Waals surface area contributed by atoms with Crippen molar-refractivity contribution in [2.45, 2.75) is 32.2 Å².